The Bertz CT molecular complexity index is 430. The van der Waals surface area contributed by atoms with Gasteiger partial charge in [-0.3, -0.25) is 9.69 Å². The predicted molar refractivity (Wildman–Crippen MR) is 67.0 cm³/mol. The molecule has 98 valence electrons. The fourth-order valence-corrected chi connectivity index (χ4v) is 1.27. The maximum absolute atomic E-state index is 11.7. The van der Waals surface area contributed by atoms with Crippen LogP contribution in [0.4, 0.5) is 10.5 Å². The Morgan fingerprint density at radius 1 is 1.33 bits per heavy atom. The number of nitrogens with zero attached hydrogens (tertiary/aromatic N) is 1. The van der Waals surface area contributed by atoms with Crippen molar-refractivity contribution in [3.63, 3.8) is 0 Å². The van der Waals surface area contributed by atoms with E-state index in [1.165, 1.54) is 11.8 Å². The SMILES string of the molecule is COc1ccc(N(C)C(=O)N[C@@H](C)C(=O)O)cc1. The number of carbonyl (C=O) groups is 2. The molecule has 6 nitrogen and oxygen atoms in total. The minimum atomic E-state index is -1.08. The molecule has 0 bridgehead atoms. The number of hydrogen-bond acceptors (Lipinski definition) is 3. The number of anilines is 1. The molecular formula is C12H16N2O4. The van der Waals surface area contributed by atoms with Crippen molar-refractivity contribution in [3.8, 4) is 5.75 Å². The lowest BCUT2D eigenvalue weighted by Crippen LogP contribution is -2.45. The topological polar surface area (TPSA) is 78.9 Å². The molecule has 0 aliphatic rings. The van der Waals surface area contributed by atoms with E-state index in [-0.39, 0.29) is 0 Å². The van der Waals surface area contributed by atoms with E-state index in [1.807, 2.05) is 0 Å². The summed E-state index contributed by atoms with van der Waals surface area (Å²) in [4.78, 5) is 23.7. The van der Waals surface area contributed by atoms with Crippen LogP contribution in [0, 0.1) is 0 Å². The second-order valence-electron chi connectivity index (χ2n) is 3.77. The molecule has 0 radical (unpaired) electrons. The fourth-order valence-electron chi connectivity index (χ4n) is 1.27. The summed E-state index contributed by atoms with van der Waals surface area (Å²) in [6.45, 7) is 1.40. The number of carboxylic acids is 1. The Hall–Kier alpha value is -2.24. The Kier molecular flexibility index (Phi) is 4.53. The molecule has 0 heterocycles. The van der Waals surface area contributed by atoms with E-state index in [2.05, 4.69) is 5.32 Å². The molecule has 0 unspecified atom stereocenters. The highest BCUT2D eigenvalue weighted by molar-refractivity contribution is 5.93. The van der Waals surface area contributed by atoms with Crippen molar-refractivity contribution in [2.75, 3.05) is 19.1 Å². The molecule has 1 rings (SSSR count). The Labute approximate surface area is 105 Å². The number of hydrogen-bond donors (Lipinski definition) is 2. The smallest absolute Gasteiger partial charge is 0.325 e. The highest BCUT2D eigenvalue weighted by atomic mass is 16.5. The van der Waals surface area contributed by atoms with Gasteiger partial charge in [0.2, 0.25) is 0 Å². The molecule has 18 heavy (non-hydrogen) atoms. The van der Waals surface area contributed by atoms with Crippen LogP contribution < -0.4 is 15.0 Å². The third-order valence-electron chi connectivity index (χ3n) is 2.47. The molecule has 2 N–H and O–H groups in total. The average Bonchev–Trinajstić information content (AvgIpc) is 2.37. The van der Waals surface area contributed by atoms with Gasteiger partial charge in [-0.2, -0.15) is 0 Å². The highest BCUT2D eigenvalue weighted by Gasteiger charge is 2.17. The van der Waals surface area contributed by atoms with Crippen LogP contribution in [0.15, 0.2) is 24.3 Å². The summed E-state index contributed by atoms with van der Waals surface area (Å²) < 4.78 is 5.01. The highest BCUT2D eigenvalue weighted by Crippen LogP contribution is 2.18. The first-order valence-corrected chi connectivity index (χ1v) is 5.36. The molecule has 0 spiro atoms. The number of rotatable bonds is 4. The van der Waals surface area contributed by atoms with E-state index in [1.54, 1.807) is 38.4 Å². The average molecular weight is 252 g/mol. The van der Waals surface area contributed by atoms with E-state index >= 15 is 0 Å². The quantitative estimate of drug-likeness (QED) is 0.847. The predicted octanol–water partition coefficient (Wildman–Crippen LogP) is 1.31. The number of carbonyl (C=O) groups excluding carboxylic acids is 1. The lowest BCUT2D eigenvalue weighted by atomic mass is 10.3. The number of aliphatic carboxylic acids is 1. The maximum atomic E-state index is 11.7. The second-order valence-corrected chi connectivity index (χ2v) is 3.77. The van der Waals surface area contributed by atoms with Gasteiger partial charge in [-0.25, -0.2) is 4.79 Å². The van der Waals surface area contributed by atoms with Crippen LogP contribution in [0.2, 0.25) is 0 Å². The molecule has 6 heteroatoms. The summed E-state index contributed by atoms with van der Waals surface area (Å²) in [7, 11) is 3.12. The number of ether oxygens (including phenoxy) is 1. The standard InChI is InChI=1S/C12H16N2O4/c1-8(11(15)16)13-12(17)14(2)9-4-6-10(18-3)7-5-9/h4-8H,1-3H3,(H,13,17)(H,15,16)/t8-/m0/s1. The monoisotopic (exact) mass is 252 g/mol. The molecule has 1 aromatic carbocycles. The van der Waals surface area contributed by atoms with E-state index in [9.17, 15) is 9.59 Å². The van der Waals surface area contributed by atoms with Crippen molar-refractivity contribution in [2.45, 2.75) is 13.0 Å². The number of methoxy groups -OCH3 is 1. The van der Waals surface area contributed by atoms with Gasteiger partial charge >= 0.3 is 12.0 Å². The van der Waals surface area contributed by atoms with Crippen LogP contribution in [0.5, 0.6) is 5.75 Å². The van der Waals surface area contributed by atoms with Crippen LogP contribution in [-0.2, 0) is 4.79 Å². The maximum Gasteiger partial charge on any atom is 0.325 e. The number of carboxylic acid groups (broad SMARTS) is 1. The number of nitrogens with one attached hydrogen (secondary N) is 1. The largest absolute Gasteiger partial charge is 0.497 e. The molecule has 1 atom stereocenters. The molecule has 0 aliphatic carbocycles. The number of urea groups is 1. The zero-order valence-corrected chi connectivity index (χ0v) is 10.5. The van der Waals surface area contributed by atoms with Crippen LogP contribution >= 0.6 is 0 Å². The lowest BCUT2D eigenvalue weighted by molar-refractivity contribution is -0.138. The minimum absolute atomic E-state index is 0.477. The first-order valence-electron chi connectivity index (χ1n) is 5.36. The fraction of sp³-hybridized carbons (Fsp3) is 0.333. The summed E-state index contributed by atoms with van der Waals surface area (Å²) in [6, 6.07) is 5.46. The van der Waals surface area contributed by atoms with Gasteiger partial charge < -0.3 is 15.2 Å². The molecular weight excluding hydrogens is 236 g/mol. The normalized spacial score (nSPS) is 11.5. The van der Waals surface area contributed by atoms with Gasteiger partial charge in [0.05, 0.1) is 7.11 Å². The molecule has 0 aliphatic heterocycles. The molecule has 0 saturated carbocycles. The van der Waals surface area contributed by atoms with Gasteiger partial charge in [0.1, 0.15) is 11.8 Å². The van der Waals surface area contributed by atoms with Crippen LogP contribution in [0.1, 0.15) is 6.92 Å². The van der Waals surface area contributed by atoms with Crippen molar-refractivity contribution >= 4 is 17.7 Å². The number of amides is 2. The van der Waals surface area contributed by atoms with Crippen LogP contribution in [-0.4, -0.2) is 37.3 Å². The third kappa shape index (κ3) is 3.38. The van der Waals surface area contributed by atoms with Gasteiger partial charge in [-0.15, -0.1) is 0 Å². The van der Waals surface area contributed by atoms with Crippen LogP contribution in [0.25, 0.3) is 0 Å². The Morgan fingerprint density at radius 2 is 1.89 bits per heavy atom. The Balaban J connectivity index is 2.70. The molecule has 1 aromatic rings. The zero-order chi connectivity index (χ0) is 13.7. The first-order chi connectivity index (χ1) is 8.45. The minimum Gasteiger partial charge on any atom is -0.497 e. The summed E-state index contributed by atoms with van der Waals surface area (Å²) in [5, 5.41) is 11.1. The molecule has 0 fully saturated rings. The van der Waals surface area contributed by atoms with Gasteiger partial charge in [0.15, 0.2) is 0 Å². The van der Waals surface area contributed by atoms with Crippen molar-refractivity contribution in [2.24, 2.45) is 0 Å². The van der Waals surface area contributed by atoms with Crippen molar-refractivity contribution in [1.82, 2.24) is 5.32 Å². The summed E-state index contributed by atoms with van der Waals surface area (Å²) in [5.41, 5.74) is 0.644. The van der Waals surface area contributed by atoms with E-state index in [4.69, 9.17) is 9.84 Å². The summed E-state index contributed by atoms with van der Waals surface area (Å²) >= 11 is 0. The first kappa shape index (κ1) is 13.8. The Morgan fingerprint density at radius 3 is 2.33 bits per heavy atom. The van der Waals surface area contributed by atoms with Crippen molar-refractivity contribution in [1.29, 1.82) is 0 Å². The van der Waals surface area contributed by atoms with Gasteiger partial charge in [-0.05, 0) is 31.2 Å². The van der Waals surface area contributed by atoms with E-state index < -0.39 is 18.0 Å². The molecule has 0 saturated heterocycles. The molecule has 0 aromatic heterocycles. The second kappa shape index (κ2) is 5.90. The van der Waals surface area contributed by atoms with E-state index in [0.717, 1.165) is 0 Å². The van der Waals surface area contributed by atoms with Gasteiger partial charge in [-0.1, -0.05) is 0 Å². The summed E-state index contributed by atoms with van der Waals surface area (Å²) in [6.07, 6.45) is 0. The van der Waals surface area contributed by atoms with Gasteiger partial charge in [0, 0.05) is 12.7 Å². The zero-order valence-electron chi connectivity index (χ0n) is 10.5. The third-order valence-corrected chi connectivity index (χ3v) is 2.47. The lowest BCUT2D eigenvalue weighted by Gasteiger charge is -2.19. The van der Waals surface area contributed by atoms with Crippen molar-refractivity contribution in [3.05, 3.63) is 24.3 Å². The van der Waals surface area contributed by atoms with E-state index in [0.29, 0.717) is 11.4 Å². The summed E-state index contributed by atoms with van der Waals surface area (Å²) in [5.74, 6) is -0.391. The number of benzene rings is 1. The van der Waals surface area contributed by atoms with Crippen LogP contribution in [0.3, 0.4) is 0 Å². The molecule has 2 amide bonds. The van der Waals surface area contributed by atoms with Crippen molar-refractivity contribution < 1.29 is 19.4 Å². The van der Waals surface area contributed by atoms with Gasteiger partial charge in [0.25, 0.3) is 0 Å².